The van der Waals surface area contributed by atoms with Gasteiger partial charge in [-0.05, 0) is 31.2 Å². The number of thiophene rings is 1. The standard InChI is InChI=1S/C11H14N4O2S2/c12-5-3-10-1-2-11(18-10)19(16,17)15-7-9-4-6-13-8-14-9/h1-2,4,6,8,15H,3,5,7,12H2. The van der Waals surface area contributed by atoms with Gasteiger partial charge in [-0.1, -0.05) is 0 Å². The first-order chi connectivity index (χ1) is 9.12. The van der Waals surface area contributed by atoms with Gasteiger partial charge in [-0.25, -0.2) is 23.1 Å². The zero-order chi connectivity index (χ0) is 13.7. The van der Waals surface area contributed by atoms with Crippen molar-refractivity contribution >= 4 is 21.4 Å². The molecule has 0 radical (unpaired) electrons. The first-order valence-electron chi connectivity index (χ1n) is 5.65. The van der Waals surface area contributed by atoms with Crippen LogP contribution >= 0.6 is 11.3 Å². The van der Waals surface area contributed by atoms with Crippen molar-refractivity contribution in [1.29, 1.82) is 0 Å². The highest BCUT2D eigenvalue weighted by Gasteiger charge is 2.16. The van der Waals surface area contributed by atoms with E-state index in [0.717, 1.165) is 4.88 Å². The highest BCUT2D eigenvalue weighted by atomic mass is 32.2. The van der Waals surface area contributed by atoms with Crippen molar-refractivity contribution < 1.29 is 8.42 Å². The van der Waals surface area contributed by atoms with Crippen LogP contribution in [0.1, 0.15) is 10.6 Å². The summed E-state index contributed by atoms with van der Waals surface area (Å²) in [6.45, 7) is 0.656. The third-order valence-corrected chi connectivity index (χ3v) is 5.42. The first-order valence-corrected chi connectivity index (χ1v) is 7.95. The predicted molar refractivity (Wildman–Crippen MR) is 73.1 cm³/mol. The molecular formula is C11H14N4O2S2. The van der Waals surface area contributed by atoms with Gasteiger partial charge in [-0.2, -0.15) is 0 Å². The minimum atomic E-state index is -3.49. The van der Waals surface area contributed by atoms with Crippen LogP contribution in [0.25, 0.3) is 0 Å². The quantitative estimate of drug-likeness (QED) is 0.810. The van der Waals surface area contributed by atoms with Gasteiger partial charge >= 0.3 is 0 Å². The molecule has 2 aromatic rings. The third-order valence-electron chi connectivity index (χ3n) is 2.38. The Morgan fingerprint density at radius 1 is 1.32 bits per heavy atom. The summed E-state index contributed by atoms with van der Waals surface area (Å²) in [6, 6.07) is 5.05. The number of rotatable bonds is 6. The van der Waals surface area contributed by atoms with E-state index in [2.05, 4.69) is 14.7 Å². The van der Waals surface area contributed by atoms with E-state index in [4.69, 9.17) is 5.73 Å². The van der Waals surface area contributed by atoms with E-state index in [1.807, 2.05) is 0 Å². The lowest BCUT2D eigenvalue weighted by atomic mass is 10.3. The third kappa shape index (κ3) is 3.80. The summed E-state index contributed by atoms with van der Waals surface area (Å²) < 4.78 is 26.9. The fraction of sp³-hybridized carbons (Fsp3) is 0.273. The molecule has 19 heavy (non-hydrogen) atoms. The molecule has 0 aliphatic carbocycles. The predicted octanol–water partition coefficient (Wildman–Crippen LogP) is 0.518. The second-order valence-corrected chi connectivity index (χ2v) is 6.95. The Bertz CT molecular complexity index is 625. The fourth-order valence-electron chi connectivity index (χ4n) is 1.44. The van der Waals surface area contributed by atoms with E-state index in [1.54, 1.807) is 24.4 Å². The number of hydrogen-bond acceptors (Lipinski definition) is 6. The molecular weight excluding hydrogens is 284 g/mol. The molecule has 0 aromatic carbocycles. The second kappa shape index (κ2) is 6.20. The molecule has 2 rings (SSSR count). The Balaban J connectivity index is 2.05. The van der Waals surface area contributed by atoms with Crippen LogP contribution in [0.4, 0.5) is 0 Å². The van der Waals surface area contributed by atoms with Crippen molar-refractivity contribution in [3.8, 4) is 0 Å². The summed E-state index contributed by atoms with van der Waals surface area (Å²) in [5.41, 5.74) is 6.06. The maximum Gasteiger partial charge on any atom is 0.250 e. The van der Waals surface area contributed by atoms with Crippen molar-refractivity contribution in [2.24, 2.45) is 5.73 Å². The molecule has 0 aliphatic rings. The molecule has 0 amide bonds. The lowest BCUT2D eigenvalue weighted by Crippen LogP contribution is -2.22. The Hall–Kier alpha value is -1.35. The molecule has 0 spiro atoms. The first kappa shape index (κ1) is 14.1. The normalized spacial score (nSPS) is 11.6. The summed E-state index contributed by atoms with van der Waals surface area (Å²) in [4.78, 5) is 8.70. The minimum absolute atomic E-state index is 0.148. The van der Waals surface area contributed by atoms with Crippen molar-refractivity contribution in [2.75, 3.05) is 6.54 Å². The highest BCUT2D eigenvalue weighted by Crippen LogP contribution is 2.21. The molecule has 2 heterocycles. The van der Waals surface area contributed by atoms with Crippen LogP contribution in [-0.4, -0.2) is 24.9 Å². The van der Waals surface area contributed by atoms with Crippen molar-refractivity contribution in [2.45, 2.75) is 17.2 Å². The summed E-state index contributed by atoms with van der Waals surface area (Å²) in [7, 11) is -3.49. The van der Waals surface area contributed by atoms with Gasteiger partial charge in [0.2, 0.25) is 10.0 Å². The van der Waals surface area contributed by atoms with Gasteiger partial charge in [-0.15, -0.1) is 11.3 Å². The number of sulfonamides is 1. The maximum atomic E-state index is 12.0. The molecule has 0 saturated carbocycles. The Morgan fingerprint density at radius 3 is 2.84 bits per heavy atom. The molecule has 2 aromatic heterocycles. The van der Waals surface area contributed by atoms with Crippen LogP contribution in [0.5, 0.6) is 0 Å². The van der Waals surface area contributed by atoms with Crippen LogP contribution in [0.15, 0.2) is 34.9 Å². The minimum Gasteiger partial charge on any atom is -0.330 e. The van der Waals surface area contributed by atoms with E-state index in [0.29, 0.717) is 22.9 Å². The van der Waals surface area contributed by atoms with Gasteiger partial charge in [0, 0.05) is 11.1 Å². The molecule has 6 nitrogen and oxygen atoms in total. The number of nitrogens with one attached hydrogen (secondary N) is 1. The molecule has 102 valence electrons. The Kier molecular flexibility index (Phi) is 4.59. The zero-order valence-corrected chi connectivity index (χ0v) is 11.7. The van der Waals surface area contributed by atoms with Gasteiger partial charge in [0.15, 0.2) is 0 Å². The SMILES string of the molecule is NCCc1ccc(S(=O)(=O)NCc2ccncn2)s1. The molecule has 3 N–H and O–H groups in total. The maximum absolute atomic E-state index is 12.0. The van der Waals surface area contributed by atoms with E-state index in [9.17, 15) is 8.42 Å². The Labute approximate surface area is 115 Å². The van der Waals surface area contributed by atoms with E-state index in [-0.39, 0.29) is 6.54 Å². The lowest BCUT2D eigenvalue weighted by molar-refractivity contribution is 0.582. The van der Waals surface area contributed by atoms with Gasteiger partial charge in [0.25, 0.3) is 0 Å². The summed E-state index contributed by atoms with van der Waals surface area (Å²) in [5.74, 6) is 0. The van der Waals surface area contributed by atoms with Crippen molar-refractivity contribution in [3.05, 3.63) is 41.3 Å². The lowest BCUT2D eigenvalue weighted by Gasteiger charge is -2.03. The molecule has 0 bridgehead atoms. The smallest absolute Gasteiger partial charge is 0.250 e. The van der Waals surface area contributed by atoms with Gasteiger partial charge in [-0.3, -0.25) is 0 Å². The molecule has 8 heteroatoms. The highest BCUT2D eigenvalue weighted by molar-refractivity contribution is 7.91. The molecule has 0 fully saturated rings. The van der Waals surface area contributed by atoms with E-state index >= 15 is 0 Å². The topological polar surface area (TPSA) is 98.0 Å². The van der Waals surface area contributed by atoms with Crippen LogP contribution in [0, 0.1) is 0 Å². The van der Waals surface area contributed by atoms with Crippen LogP contribution in [0.2, 0.25) is 0 Å². The summed E-state index contributed by atoms with van der Waals surface area (Å²) >= 11 is 1.24. The molecule has 0 unspecified atom stereocenters. The van der Waals surface area contributed by atoms with Crippen LogP contribution in [-0.2, 0) is 23.0 Å². The molecule has 0 saturated heterocycles. The molecule has 0 aliphatic heterocycles. The largest absolute Gasteiger partial charge is 0.330 e. The van der Waals surface area contributed by atoms with E-state index in [1.165, 1.54) is 17.7 Å². The average Bonchev–Trinajstić information content (AvgIpc) is 2.88. The fourth-order valence-corrected chi connectivity index (χ4v) is 3.86. The second-order valence-electron chi connectivity index (χ2n) is 3.78. The van der Waals surface area contributed by atoms with Crippen molar-refractivity contribution in [3.63, 3.8) is 0 Å². The van der Waals surface area contributed by atoms with Crippen LogP contribution < -0.4 is 10.5 Å². The summed E-state index contributed by atoms with van der Waals surface area (Å²) in [5, 5.41) is 0. The summed E-state index contributed by atoms with van der Waals surface area (Å²) in [6.07, 6.45) is 3.64. The van der Waals surface area contributed by atoms with Gasteiger partial charge < -0.3 is 5.73 Å². The van der Waals surface area contributed by atoms with Crippen molar-refractivity contribution in [1.82, 2.24) is 14.7 Å². The van der Waals surface area contributed by atoms with Crippen LogP contribution in [0.3, 0.4) is 0 Å². The molecule has 0 atom stereocenters. The zero-order valence-electron chi connectivity index (χ0n) is 10.1. The number of nitrogens with zero attached hydrogens (tertiary/aromatic N) is 2. The number of aromatic nitrogens is 2. The monoisotopic (exact) mass is 298 g/mol. The van der Waals surface area contributed by atoms with Gasteiger partial charge in [0.05, 0.1) is 12.2 Å². The number of hydrogen-bond donors (Lipinski definition) is 2. The Morgan fingerprint density at radius 2 is 2.16 bits per heavy atom. The van der Waals surface area contributed by atoms with E-state index < -0.39 is 10.0 Å². The average molecular weight is 298 g/mol. The van der Waals surface area contributed by atoms with Gasteiger partial charge in [0.1, 0.15) is 10.5 Å². The number of nitrogens with two attached hydrogens (primary N) is 1.